The zero-order chi connectivity index (χ0) is 21.7. The van der Waals surface area contributed by atoms with Gasteiger partial charge in [-0.1, -0.05) is 0 Å². The lowest BCUT2D eigenvalue weighted by Crippen LogP contribution is -2.34. The Morgan fingerprint density at radius 3 is 2.33 bits per heavy atom. The third-order valence-corrected chi connectivity index (χ3v) is 4.28. The highest BCUT2D eigenvalue weighted by atomic mass is 16.6. The van der Waals surface area contributed by atoms with E-state index < -0.39 is 10.8 Å². The summed E-state index contributed by atoms with van der Waals surface area (Å²) < 4.78 is 10.6. The third-order valence-electron chi connectivity index (χ3n) is 4.28. The van der Waals surface area contributed by atoms with Crippen LogP contribution >= 0.6 is 0 Å². The quantitative estimate of drug-likeness (QED) is 0.471. The Morgan fingerprint density at radius 1 is 1.07 bits per heavy atom. The van der Waals surface area contributed by atoms with Gasteiger partial charge in [-0.3, -0.25) is 19.7 Å². The van der Waals surface area contributed by atoms with Crippen LogP contribution in [0, 0.1) is 10.1 Å². The molecule has 9 heteroatoms. The lowest BCUT2D eigenvalue weighted by atomic mass is 10.1. The molecule has 0 saturated carbocycles. The summed E-state index contributed by atoms with van der Waals surface area (Å²) in [6.45, 7) is -0.168. The molecular weight excluding hydrogens is 390 g/mol. The molecule has 154 valence electrons. The first kappa shape index (κ1) is 20.6. The van der Waals surface area contributed by atoms with Gasteiger partial charge in [0.15, 0.2) is 5.76 Å². The molecule has 0 radical (unpaired) electrons. The van der Waals surface area contributed by atoms with E-state index in [0.29, 0.717) is 22.8 Å². The number of nitro groups is 1. The van der Waals surface area contributed by atoms with E-state index in [4.69, 9.17) is 9.15 Å². The maximum absolute atomic E-state index is 12.6. The van der Waals surface area contributed by atoms with Crippen LogP contribution in [0.4, 0.5) is 11.4 Å². The number of hydrogen-bond donors (Lipinski definition) is 1. The topological polar surface area (TPSA) is 115 Å². The number of benzene rings is 2. The van der Waals surface area contributed by atoms with E-state index in [2.05, 4.69) is 5.32 Å². The predicted molar refractivity (Wildman–Crippen MR) is 109 cm³/mol. The van der Waals surface area contributed by atoms with Crippen molar-refractivity contribution < 1.29 is 23.7 Å². The van der Waals surface area contributed by atoms with E-state index in [9.17, 15) is 19.7 Å². The van der Waals surface area contributed by atoms with Gasteiger partial charge in [0.05, 0.1) is 18.6 Å². The molecular formula is C21H19N3O6. The van der Waals surface area contributed by atoms with Gasteiger partial charge in [0, 0.05) is 30.4 Å². The van der Waals surface area contributed by atoms with Gasteiger partial charge in [-0.25, -0.2) is 0 Å². The molecule has 1 heterocycles. The van der Waals surface area contributed by atoms with Crippen LogP contribution in [0.5, 0.6) is 5.75 Å². The van der Waals surface area contributed by atoms with Crippen LogP contribution in [0.3, 0.4) is 0 Å². The van der Waals surface area contributed by atoms with Crippen molar-refractivity contribution >= 4 is 23.2 Å². The van der Waals surface area contributed by atoms with Gasteiger partial charge >= 0.3 is 0 Å². The summed E-state index contributed by atoms with van der Waals surface area (Å²) in [5, 5.41) is 13.4. The molecule has 2 aromatic carbocycles. The zero-order valence-electron chi connectivity index (χ0n) is 16.3. The second-order valence-electron chi connectivity index (χ2n) is 6.41. The fourth-order valence-corrected chi connectivity index (χ4v) is 2.71. The maximum Gasteiger partial charge on any atom is 0.289 e. The molecule has 0 aliphatic carbocycles. The molecule has 0 saturated heterocycles. The summed E-state index contributed by atoms with van der Waals surface area (Å²) in [5.41, 5.74) is 1.14. The van der Waals surface area contributed by atoms with E-state index >= 15 is 0 Å². The van der Waals surface area contributed by atoms with Gasteiger partial charge < -0.3 is 19.4 Å². The molecule has 0 bridgehead atoms. The average Bonchev–Trinajstić information content (AvgIpc) is 3.24. The number of carbonyl (C=O) groups is 2. The molecule has 0 unspecified atom stereocenters. The Morgan fingerprint density at radius 2 is 1.73 bits per heavy atom. The van der Waals surface area contributed by atoms with Gasteiger partial charge in [0.2, 0.25) is 5.91 Å². The molecule has 1 aromatic heterocycles. The third kappa shape index (κ3) is 4.82. The summed E-state index contributed by atoms with van der Waals surface area (Å²) in [7, 11) is 3.04. The van der Waals surface area contributed by atoms with Crippen molar-refractivity contribution in [1.29, 1.82) is 0 Å². The van der Waals surface area contributed by atoms with Crippen LogP contribution in [0.15, 0.2) is 65.1 Å². The molecule has 2 amide bonds. The highest BCUT2D eigenvalue weighted by Crippen LogP contribution is 2.25. The van der Waals surface area contributed by atoms with Crippen molar-refractivity contribution in [2.45, 2.75) is 0 Å². The molecule has 0 atom stereocenters. The highest BCUT2D eigenvalue weighted by molar-refractivity contribution is 5.98. The first-order chi connectivity index (χ1) is 14.4. The van der Waals surface area contributed by atoms with E-state index in [-0.39, 0.29) is 23.9 Å². The van der Waals surface area contributed by atoms with Crippen LogP contribution in [0.25, 0.3) is 11.3 Å². The van der Waals surface area contributed by atoms with Crippen LogP contribution < -0.4 is 10.1 Å². The minimum atomic E-state index is -0.493. The van der Waals surface area contributed by atoms with Crippen LogP contribution in [0.1, 0.15) is 10.6 Å². The number of amides is 2. The number of anilines is 1. The standard InChI is InChI=1S/C21H19N3O6/c1-23(13-20(25)22-15-5-9-17(29-2)10-6-15)21(26)19-12-11-18(30-19)14-3-7-16(8-4-14)24(27)28/h3-12H,13H2,1-2H3,(H,22,25). The minimum absolute atomic E-state index is 0.0378. The summed E-state index contributed by atoms with van der Waals surface area (Å²) in [6, 6.07) is 15.7. The Kier molecular flexibility index (Phi) is 6.11. The molecule has 9 nitrogen and oxygen atoms in total. The van der Waals surface area contributed by atoms with Crippen LogP contribution in [0.2, 0.25) is 0 Å². The van der Waals surface area contributed by atoms with E-state index in [1.165, 1.54) is 42.3 Å². The minimum Gasteiger partial charge on any atom is -0.497 e. The normalized spacial score (nSPS) is 10.3. The molecule has 3 aromatic rings. The Bertz CT molecular complexity index is 1060. The summed E-state index contributed by atoms with van der Waals surface area (Å²) in [6.07, 6.45) is 0. The zero-order valence-corrected chi connectivity index (χ0v) is 16.3. The molecule has 3 rings (SSSR count). The maximum atomic E-state index is 12.6. The van der Waals surface area contributed by atoms with Crippen molar-refractivity contribution in [3.63, 3.8) is 0 Å². The van der Waals surface area contributed by atoms with Gasteiger partial charge in [0.25, 0.3) is 11.6 Å². The van der Waals surface area contributed by atoms with Crippen molar-refractivity contribution in [2.24, 2.45) is 0 Å². The number of carbonyl (C=O) groups excluding carboxylic acids is 2. The highest BCUT2D eigenvalue weighted by Gasteiger charge is 2.19. The summed E-state index contributed by atoms with van der Waals surface area (Å²) >= 11 is 0. The van der Waals surface area contributed by atoms with Crippen molar-refractivity contribution in [2.75, 3.05) is 26.0 Å². The first-order valence-corrected chi connectivity index (χ1v) is 8.91. The predicted octanol–water partition coefficient (Wildman–Crippen LogP) is 3.57. The second-order valence-corrected chi connectivity index (χ2v) is 6.41. The molecule has 0 aliphatic rings. The number of nitro benzene ring substituents is 1. The van der Waals surface area contributed by atoms with E-state index in [1.807, 2.05) is 0 Å². The number of rotatable bonds is 7. The average molecular weight is 409 g/mol. The number of nitrogens with zero attached hydrogens (tertiary/aromatic N) is 2. The number of furan rings is 1. The van der Waals surface area contributed by atoms with Gasteiger partial charge in [-0.2, -0.15) is 0 Å². The van der Waals surface area contributed by atoms with Gasteiger partial charge in [0.1, 0.15) is 11.5 Å². The van der Waals surface area contributed by atoms with E-state index in [1.54, 1.807) is 37.4 Å². The fourth-order valence-electron chi connectivity index (χ4n) is 2.71. The monoisotopic (exact) mass is 409 g/mol. The fraction of sp³-hybridized carbons (Fsp3) is 0.143. The van der Waals surface area contributed by atoms with Crippen molar-refractivity contribution in [3.8, 4) is 17.1 Å². The number of methoxy groups -OCH3 is 1. The molecule has 30 heavy (non-hydrogen) atoms. The number of likely N-dealkylation sites (N-methyl/N-ethyl adjacent to an activating group) is 1. The molecule has 0 fully saturated rings. The molecule has 1 N–H and O–H groups in total. The smallest absolute Gasteiger partial charge is 0.289 e. The first-order valence-electron chi connectivity index (χ1n) is 8.91. The molecule has 0 spiro atoms. The molecule has 0 aliphatic heterocycles. The van der Waals surface area contributed by atoms with Crippen LogP contribution in [-0.4, -0.2) is 42.3 Å². The van der Waals surface area contributed by atoms with Gasteiger partial charge in [-0.15, -0.1) is 0 Å². The lowest BCUT2D eigenvalue weighted by molar-refractivity contribution is -0.384. The largest absolute Gasteiger partial charge is 0.497 e. The SMILES string of the molecule is COc1ccc(NC(=O)CN(C)C(=O)c2ccc(-c3ccc([N+](=O)[O-])cc3)o2)cc1. The van der Waals surface area contributed by atoms with E-state index in [0.717, 1.165) is 0 Å². The number of nitrogens with one attached hydrogen (secondary N) is 1. The summed E-state index contributed by atoms with van der Waals surface area (Å²) in [5.74, 6) is 0.292. The lowest BCUT2D eigenvalue weighted by Gasteiger charge is -2.15. The summed E-state index contributed by atoms with van der Waals surface area (Å²) in [4.78, 5) is 36.2. The van der Waals surface area contributed by atoms with Crippen molar-refractivity contribution in [1.82, 2.24) is 4.90 Å². The Hall–Kier alpha value is -4.14. The number of ether oxygens (including phenoxy) is 1. The van der Waals surface area contributed by atoms with Gasteiger partial charge in [-0.05, 0) is 48.5 Å². The van der Waals surface area contributed by atoms with Crippen LogP contribution in [-0.2, 0) is 4.79 Å². The number of non-ortho nitro benzene ring substituents is 1. The Balaban J connectivity index is 1.61. The van der Waals surface area contributed by atoms with Crippen molar-refractivity contribution in [3.05, 3.63) is 76.5 Å². The number of hydrogen-bond acceptors (Lipinski definition) is 6. The Labute approximate surface area is 172 Å². The second kappa shape index (κ2) is 8.91.